The number of hydrogen-bond donors (Lipinski definition) is 1. The number of amides is 1. The van der Waals surface area contributed by atoms with Crippen molar-refractivity contribution < 1.29 is 9.53 Å². The molecule has 1 aliphatic carbocycles. The summed E-state index contributed by atoms with van der Waals surface area (Å²) in [7, 11) is 1.60. The second kappa shape index (κ2) is 8.68. The summed E-state index contributed by atoms with van der Waals surface area (Å²) in [5.74, 6) is 0.00241. The maximum atomic E-state index is 12.8. The van der Waals surface area contributed by atoms with Gasteiger partial charge in [-0.25, -0.2) is 4.98 Å². The Labute approximate surface area is 157 Å². The quantitative estimate of drug-likeness (QED) is 0.595. The molecule has 6 nitrogen and oxygen atoms in total. The molecule has 1 aromatic carbocycles. The van der Waals surface area contributed by atoms with Crippen LogP contribution in [0.15, 0.2) is 34.2 Å². The van der Waals surface area contributed by atoms with Crippen molar-refractivity contribution in [2.45, 2.75) is 55.6 Å². The Kier molecular flexibility index (Phi) is 6.32. The van der Waals surface area contributed by atoms with E-state index in [9.17, 15) is 9.59 Å². The highest BCUT2D eigenvalue weighted by Crippen LogP contribution is 2.24. The predicted molar refractivity (Wildman–Crippen MR) is 104 cm³/mol. The summed E-state index contributed by atoms with van der Waals surface area (Å²) in [5, 5.41) is 3.93. The van der Waals surface area contributed by atoms with Gasteiger partial charge in [0.15, 0.2) is 5.16 Å². The Morgan fingerprint density at radius 1 is 1.38 bits per heavy atom. The van der Waals surface area contributed by atoms with Crippen LogP contribution in [-0.4, -0.2) is 40.5 Å². The first-order chi connectivity index (χ1) is 12.6. The highest BCUT2D eigenvalue weighted by molar-refractivity contribution is 8.00. The molecule has 0 radical (unpaired) electrons. The molecule has 0 spiro atoms. The van der Waals surface area contributed by atoms with Gasteiger partial charge >= 0.3 is 0 Å². The number of thioether (sulfide) groups is 1. The van der Waals surface area contributed by atoms with E-state index in [1.54, 1.807) is 17.7 Å². The van der Waals surface area contributed by atoms with Gasteiger partial charge in [-0.2, -0.15) is 0 Å². The number of nitrogens with zero attached hydrogens (tertiary/aromatic N) is 2. The number of benzene rings is 1. The Morgan fingerprint density at radius 3 is 2.85 bits per heavy atom. The molecule has 1 aromatic heterocycles. The largest absolute Gasteiger partial charge is 0.383 e. The number of ether oxygens (including phenoxy) is 1. The molecule has 140 valence electrons. The third-order valence-electron chi connectivity index (χ3n) is 4.70. The van der Waals surface area contributed by atoms with Crippen molar-refractivity contribution in [3.8, 4) is 0 Å². The van der Waals surface area contributed by atoms with Crippen molar-refractivity contribution in [2.24, 2.45) is 0 Å². The van der Waals surface area contributed by atoms with Gasteiger partial charge in [0, 0.05) is 13.2 Å². The predicted octanol–water partition coefficient (Wildman–Crippen LogP) is 2.58. The van der Waals surface area contributed by atoms with Crippen LogP contribution in [0.5, 0.6) is 0 Å². The van der Waals surface area contributed by atoms with E-state index in [1.807, 2.05) is 25.1 Å². The van der Waals surface area contributed by atoms with Gasteiger partial charge in [-0.3, -0.25) is 14.2 Å². The van der Waals surface area contributed by atoms with Crippen LogP contribution in [0.3, 0.4) is 0 Å². The summed E-state index contributed by atoms with van der Waals surface area (Å²) < 4.78 is 6.74. The van der Waals surface area contributed by atoms with Crippen molar-refractivity contribution in [1.82, 2.24) is 14.9 Å². The van der Waals surface area contributed by atoms with Gasteiger partial charge in [-0.1, -0.05) is 36.7 Å². The van der Waals surface area contributed by atoms with E-state index >= 15 is 0 Å². The normalized spacial score (nSPS) is 16.1. The Hall–Kier alpha value is -1.86. The van der Waals surface area contributed by atoms with Crippen LogP contribution in [0, 0.1) is 0 Å². The number of para-hydroxylation sites is 1. The van der Waals surface area contributed by atoms with E-state index in [2.05, 4.69) is 10.3 Å². The zero-order valence-corrected chi connectivity index (χ0v) is 16.1. The molecular weight excluding hydrogens is 350 g/mol. The minimum atomic E-state index is -0.322. The van der Waals surface area contributed by atoms with E-state index < -0.39 is 0 Å². The lowest BCUT2D eigenvalue weighted by Crippen LogP contribution is -2.38. The molecule has 1 fully saturated rings. The van der Waals surface area contributed by atoms with Crippen molar-refractivity contribution in [3.05, 3.63) is 34.6 Å². The molecule has 7 heteroatoms. The van der Waals surface area contributed by atoms with Gasteiger partial charge in [0.05, 0.1) is 29.3 Å². The monoisotopic (exact) mass is 375 g/mol. The molecule has 2 aromatic rings. The molecule has 1 atom stereocenters. The number of hydrogen-bond acceptors (Lipinski definition) is 5. The lowest BCUT2D eigenvalue weighted by Gasteiger charge is -2.18. The van der Waals surface area contributed by atoms with Crippen LogP contribution in [0.25, 0.3) is 10.9 Å². The molecule has 3 rings (SSSR count). The Balaban J connectivity index is 1.84. The fraction of sp³-hybridized carbons (Fsp3) is 0.526. The molecule has 1 heterocycles. The van der Waals surface area contributed by atoms with Crippen LogP contribution in [0.2, 0.25) is 0 Å². The highest BCUT2D eigenvalue weighted by atomic mass is 32.2. The number of nitrogens with one attached hydrogen (secondary N) is 1. The molecule has 0 aliphatic heterocycles. The lowest BCUT2D eigenvalue weighted by molar-refractivity contribution is -0.120. The van der Waals surface area contributed by atoms with Crippen molar-refractivity contribution in [1.29, 1.82) is 0 Å². The Bertz CT molecular complexity index is 830. The second-order valence-corrected chi connectivity index (χ2v) is 7.92. The van der Waals surface area contributed by atoms with E-state index in [0.717, 1.165) is 12.8 Å². The minimum absolute atomic E-state index is 0.00241. The van der Waals surface area contributed by atoms with Gasteiger partial charge in [0.25, 0.3) is 5.56 Å². The summed E-state index contributed by atoms with van der Waals surface area (Å²) >= 11 is 1.33. The summed E-state index contributed by atoms with van der Waals surface area (Å²) in [6, 6.07) is 7.57. The molecular formula is C19H25N3O3S. The van der Waals surface area contributed by atoms with E-state index in [4.69, 9.17) is 4.74 Å². The molecule has 1 saturated carbocycles. The van der Waals surface area contributed by atoms with E-state index in [-0.39, 0.29) is 22.8 Å². The zero-order chi connectivity index (χ0) is 18.5. The molecule has 26 heavy (non-hydrogen) atoms. The summed E-state index contributed by atoms with van der Waals surface area (Å²) in [6.45, 7) is 2.68. The van der Waals surface area contributed by atoms with Crippen LogP contribution in [0.4, 0.5) is 0 Å². The first-order valence-electron chi connectivity index (χ1n) is 9.05. The number of carbonyl (C=O) groups is 1. The lowest BCUT2D eigenvalue weighted by atomic mass is 10.2. The first kappa shape index (κ1) is 18.9. The smallest absolute Gasteiger partial charge is 0.262 e. The standard InChI is InChI=1S/C19H25N3O3S/c1-13(17(23)20-14-7-3-4-8-14)26-19-21-16-10-6-5-9-15(16)18(24)22(19)11-12-25-2/h5-6,9-10,13-14H,3-4,7-8,11-12H2,1-2H3,(H,20,23). The maximum absolute atomic E-state index is 12.8. The van der Waals surface area contributed by atoms with Crippen molar-refractivity contribution in [3.63, 3.8) is 0 Å². The maximum Gasteiger partial charge on any atom is 0.262 e. The second-order valence-electron chi connectivity index (χ2n) is 6.61. The average molecular weight is 375 g/mol. The molecule has 0 saturated heterocycles. The van der Waals surface area contributed by atoms with Crippen molar-refractivity contribution in [2.75, 3.05) is 13.7 Å². The van der Waals surface area contributed by atoms with Crippen LogP contribution >= 0.6 is 11.8 Å². The number of fused-ring (bicyclic) bond motifs is 1. The van der Waals surface area contributed by atoms with Gasteiger partial charge in [0.2, 0.25) is 5.91 Å². The zero-order valence-electron chi connectivity index (χ0n) is 15.2. The van der Waals surface area contributed by atoms with Crippen molar-refractivity contribution >= 4 is 28.6 Å². The summed E-state index contributed by atoms with van der Waals surface area (Å²) in [6.07, 6.45) is 4.45. The molecule has 1 unspecified atom stereocenters. The first-order valence-corrected chi connectivity index (χ1v) is 9.93. The molecule has 1 aliphatic rings. The minimum Gasteiger partial charge on any atom is -0.383 e. The van der Waals surface area contributed by atoms with Gasteiger partial charge in [-0.15, -0.1) is 0 Å². The van der Waals surface area contributed by atoms with Crippen LogP contribution in [0.1, 0.15) is 32.6 Å². The number of rotatable bonds is 7. The fourth-order valence-electron chi connectivity index (χ4n) is 3.22. The van der Waals surface area contributed by atoms with E-state index in [0.29, 0.717) is 29.2 Å². The van der Waals surface area contributed by atoms with Gasteiger partial charge in [0.1, 0.15) is 0 Å². The molecule has 0 bridgehead atoms. The third kappa shape index (κ3) is 4.27. The highest BCUT2D eigenvalue weighted by Gasteiger charge is 2.23. The third-order valence-corrected chi connectivity index (χ3v) is 5.79. The van der Waals surface area contributed by atoms with Gasteiger partial charge < -0.3 is 10.1 Å². The number of carbonyl (C=O) groups excluding carboxylic acids is 1. The summed E-state index contributed by atoms with van der Waals surface area (Å²) in [4.78, 5) is 30.0. The SMILES string of the molecule is COCCn1c(SC(C)C(=O)NC2CCCC2)nc2ccccc2c1=O. The van der Waals surface area contributed by atoms with E-state index in [1.165, 1.54) is 24.6 Å². The average Bonchev–Trinajstić information content (AvgIpc) is 3.14. The van der Waals surface area contributed by atoms with Crippen LogP contribution < -0.4 is 10.9 Å². The van der Waals surface area contributed by atoms with Gasteiger partial charge in [-0.05, 0) is 31.9 Å². The summed E-state index contributed by atoms with van der Waals surface area (Å²) in [5.41, 5.74) is 0.551. The topological polar surface area (TPSA) is 73.2 Å². The molecule has 1 N–H and O–H groups in total. The molecule has 1 amide bonds. The fourth-order valence-corrected chi connectivity index (χ4v) is 4.16. The number of aromatic nitrogens is 2. The number of methoxy groups -OCH3 is 1. The van der Waals surface area contributed by atoms with Crippen LogP contribution in [-0.2, 0) is 16.1 Å². The Morgan fingerprint density at radius 2 is 2.12 bits per heavy atom.